The van der Waals surface area contributed by atoms with Crippen LogP contribution in [0.3, 0.4) is 0 Å². The minimum atomic E-state index is 0.185. The topological polar surface area (TPSA) is 21.3 Å². The van der Waals surface area contributed by atoms with E-state index in [-0.39, 0.29) is 5.54 Å². The first-order valence-corrected chi connectivity index (χ1v) is 8.11. The van der Waals surface area contributed by atoms with E-state index in [2.05, 4.69) is 46.9 Å². The Morgan fingerprint density at radius 1 is 1.00 bits per heavy atom. The highest BCUT2D eigenvalue weighted by molar-refractivity contribution is 5.20. The van der Waals surface area contributed by atoms with Crippen LogP contribution in [0.2, 0.25) is 0 Å². The van der Waals surface area contributed by atoms with Gasteiger partial charge in [-0.1, -0.05) is 39.0 Å². The molecule has 1 atom stereocenters. The molecule has 0 aliphatic heterocycles. The van der Waals surface area contributed by atoms with E-state index in [0.717, 1.165) is 25.3 Å². The Morgan fingerprint density at radius 3 is 2.14 bits per heavy atom. The number of nitrogens with one attached hydrogen (secondary N) is 1. The van der Waals surface area contributed by atoms with Gasteiger partial charge in [0, 0.05) is 5.54 Å². The van der Waals surface area contributed by atoms with Gasteiger partial charge in [0.15, 0.2) is 0 Å². The van der Waals surface area contributed by atoms with Gasteiger partial charge in [0.1, 0.15) is 5.75 Å². The zero-order chi connectivity index (χ0) is 15.9. The molecule has 1 aromatic carbocycles. The van der Waals surface area contributed by atoms with Crippen molar-refractivity contribution < 1.29 is 4.74 Å². The predicted molar refractivity (Wildman–Crippen MR) is 91.9 cm³/mol. The molecule has 1 rings (SSSR count). The standard InChI is InChI=1S/C19H33NO/c1-18(2,3)16(15-20-19(4,5)6)11-10-14-21-17-12-8-7-9-13-17/h7-9,12-13,16,20H,10-11,14-15H2,1-6H3. The van der Waals surface area contributed by atoms with E-state index in [1.807, 2.05) is 30.3 Å². The molecule has 0 amide bonds. The number of rotatable bonds is 7. The highest BCUT2D eigenvalue weighted by atomic mass is 16.5. The number of hydrogen-bond donors (Lipinski definition) is 1. The van der Waals surface area contributed by atoms with E-state index in [1.165, 1.54) is 6.42 Å². The number of ether oxygens (including phenoxy) is 1. The molecule has 1 unspecified atom stereocenters. The maximum Gasteiger partial charge on any atom is 0.119 e. The maximum absolute atomic E-state index is 5.79. The van der Waals surface area contributed by atoms with Crippen LogP contribution >= 0.6 is 0 Å². The summed E-state index contributed by atoms with van der Waals surface area (Å²) in [7, 11) is 0. The van der Waals surface area contributed by atoms with Gasteiger partial charge in [-0.2, -0.15) is 0 Å². The monoisotopic (exact) mass is 291 g/mol. The SMILES string of the molecule is CC(C)(C)NCC(CCCOc1ccccc1)C(C)(C)C. The summed E-state index contributed by atoms with van der Waals surface area (Å²) >= 11 is 0. The second-order valence-electron chi connectivity index (χ2n) is 8.00. The van der Waals surface area contributed by atoms with E-state index in [4.69, 9.17) is 4.74 Å². The van der Waals surface area contributed by atoms with Crippen LogP contribution in [0.5, 0.6) is 5.75 Å². The van der Waals surface area contributed by atoms with Crippen LogP contribution in [0.25, 0.3) is 0 Å². The summed E-state index contributed by atoms with van der Waals surface area (Å²) in [6.45, 7) is 15.5. The second kappa shape index (κ2) is 7.84. The lowest BCUT2D eigenvalue weighted by Gasteiger charge is -2.34. The summed E-state index contributed by atoms with van der Waals surface area (Å²) in [6, 6.07) is 10.1. The first-order valence-electron chi connectivity index (χ1n) is 8.11. The molecule has 0 radical (unpaired) electrons. The van der Waals surface area contributed by atoms with Crippen molar-refractivity contribution in [3.05, 3.63) is 30.3 Å². The molecule has 2 heteroatoms. The third kappa shape index (κ3) is 8.11. The van der Waals surface area contributed by atoms with Crippen molar-refractivity contribution in [2.45, 2.75) is 59.9 Å². The van der Waals surface area contributed by atoms with E-state index < -0.39 is 0 Å². The maximum atomic E-state index is 5.79. The summed E-state index contributed by atoms with van der Waals surface area (Å²) < 4.78 is 5.79. The van der Waals surface area contributed by atoms with Gasteiger partial charge < -0.3 is 10.1 Å². The van der Waals surface area contributed by atoms with Crippen LogP contribution in [-0.4, -0.2) is 18.7 Å². The average molecular weight is 291 g/mol. The molecule has 1 N–H and O–H groups in total. The molecule has 0 aliphatic carbocycles. The Balaban J connectivity index is 2.36. The first kappa shape index (κ1) is 18.0. The molecule has 0 spiro atoms. The molecule has 0 saturated heterocycles. The van der Waals surface area contributed by atoms with E-state index in [1.54, 1.807) is 0 Å². The number of para-hydroxylation sites is 1. The van der Waals surface area contributed by atoms with E-state index >= 15 is 0 Å². The van der Waals surface area contributed by atoms with E-state index in [0.29, 0.717) is 11.3 Å². The quantitative estimate of drug-likeness (QED) is 0.722. The minimum Gasteiger partial charge on any atom is -0.494 e. The number of hydrogen-bond acceptors (Lipinski definition) is 2. The van der Waals surface area contributed by atoms with Crippen LogP contribution in [0.15, 0.2) is 30.3 Å². The third-order valence-electron chi connectivity index (χ3n) is 3.81. The summed E-state index contributed by atoms with van der Waals surface area (Å²) in [4.78, 5) is 0. The number of benzene rings is 1. The lowest BCUT2D eigenvalue weighted by Crippen LogP contribution is -2.42. The van der Waals surface area contributed by atoms with Gasteiger partial charge in [0.05, 0.1) is 6.61 Å². The van der Waals surface area contributed by atoms with Gasteiger partial charge in [-0.3, -0.25) is 0 Å². The normalized spacial score (nSPS) is 14.0. The molecule has 1 aromatic rings. The van der Waals surface area contributed by atoms with Crippen LogP contribution in [0, 0.1) is 11.3 Å². The zero-order valence-corrected chi connectivity index (χ0v) is 14.7. The average Bonchev–Trinajstić information content (AvgIpc) is 2.36. The fourth-order valence-corrected chi connectivity index (χ4v) is 2.31. The molecule has 0 fully saturated rings. The molecule has 0 saturated carbocycles. The smallest absolute Gasteiger partial charge is 0.119 e. The Hall–Kier alpha value is -1.02. The molecule has 0 bridgehead atoms. The van der Waals surface area contributed by atoms with Crippen molar-refractivity contribution >= 4 is 0 Å². The molecular weight excluding hydrogens is 258 g/mol. The summed E-state index contributed by atoms with van der Waals surface area (Å²) in [5, 5.41) is 3.65. The Kier molecular flexibility index (Phi) is 6.73. The van der Waals surface area contributed by atoms with Crippen molar-refractivity contribution in [3.63, 3.8) is 0 Å². The summed E-state index contributed by atoms with van der Waals surface area (Å²) in [5.41, 5.74) is 0.509. The molecule has 21 heavy (non-hydrogen) atoms. The fraction of sp³-hybridized carbons (Fsp3) is 0.684. The van der Waals surface area contributed by atoms with Crippen molar-refractivity contribution in [2.24, 2.45) is 11.3 Å². The third-order valence-corrected chi connectivity index (χ3v) is 3.81. The van der Waals surface area contributed by atoms with Gasteiger partial charge in [0.2, 0.25) is 0 Å². The minimum absolute atomic E-state index is 0.185. The molecule has 0 aliphatic rings. The van der Waals surface area contributed by atoms with E-state index in [9.17, 15) is 0 Å². The van der Waals surface area contributed by atoms with Crippen molar-refractivity contribution in [1.29, 1.82) is 0 Å². The fourth-order valence-electron chi connectivity index (χ4n) is 2.31. The lowest BCUT2D eigenvalue weighted by atomic mass is 9.78. The molecule has 120 valence electrons. The Bertz CT molecular complexity index is 386. The molecule has 0 aromatic heterocycles. The molecular formula is C19H33NO. The van der Waals surface area contributed by atoms with Gasteiger partial charge in [0.25, 0.3) is 0 Å². The lowest BCUT2D eigenvalue weighted by molar-refractivity contribution is 0.187. The zero-order valence-electron chi connectivity index (χ0n) is 14.7. The van der Waals surface area contributed by atoms with Crippen LogP contribution in [-0.2, 0) is 0 Å². The highest BCUT2D eigenvalue weighted by Crippen LogP contribution is 2.29. The van der Waals surface area contributed by atoms with Crippen LogP contribution in [0.1, 0.15) is 54.4 Å². The predicted octanol–water partition coefficient (Wildman–Crippen LogP) is 4.90. The van der Waals surface area contributed by atoms with Gasteiger partial charge in [-0.05, 0) is 63.6 Å². The van der Waals surface area contributed by atoms with Crippen LogP contribution < -0.4 is 10.1 Å². The largest absolute Gasteiger partial charge is 0.494 e. The van der Waals surface area contributed by atoms with Gasteiger partial charge in [-0.25, -0.2) is 0 Å². The molecule has 0 heterocycles. The Labute approximate surface area is 131 Å². The van der Waals surface area contributed by atoms with Gasteiger partial charge in [-0.15, -0.1) is 0 Å². The van der Waals surface area contributed by atoms with Crippen molar-refractivity contribution in [1.82, 2.24) is 5.32 Å². The van der Waals surface area contributed by atoms with Crippen LogP contribution in [0.4, 0.5) is 0 Å². The van der Waals surface area contributed by atoms with Gasteiger partial charge >= 0.3 is 0 Å². The second-order valence-corrected chi connectivity index (χ2v) is 8.00. The highest BCUT2D eigenvalue weighted by Gasteiger charge is 2.25. The Morgan fingerprint density at radius 2 is 1.62 bits per heavy atom. The molecule has 2 nitrogen and oxygen atoms in total. The van der Waals surface area contributed by atoms with Crippen molar-refractivity contribution in [3.8, 4) is 5.75 Å². The van der Waals surface area contributed by atoms with Crippen molar-refractivity contribution in [2.75, 3.05) is 13.2 Å². The summed E-state index contributed by atoms with van der Waals surface area (Å²) in [5.74, 6) is 1.63. The summed E-state index contributed by atoms with van der Waals surface area (Å²) in [6.07, 6.45) is 2.29. The first-order chi connectivity index (χ1) is 9.68.